The number of fused-ring (bicyclic) bond motifs is 2. The zero-order chi connectivity index (χ0) is 18.2. The van der Waals surface area contributed by atoms with Crippen LogP contribution in [0.3, 0.4) is 0 Å². The molecule has 0 unspecified atom stereocenters. The van der Waals surface area contributed by atoms with Gasteiger partial charge in [0.25, 0.3) is 5.56 Å². The summed E-state index contributed by atoms with van der Waals surface area (Å²) in [6.07, 6.45) is 5.93. The molecule has 3 aromatic rings. The van der Waals surface area contributed by atoms with Gasteiger partial charge in [0.1, 0.15) is 4.83 Å². The van der Waals surface area contributed by atoms with Crippen molar-refractivity contribution in [3.8, 4) is 11.1 Å². The van der Waals surface area contributed by atoms with Crippen molar-refractivity contribution < 1.29 is 0 Å². The van der Waals surface area contributed by atoms with Crippen LogP contribution in [0, 0.1) is 0 Å². The lowest BCUT2D eigenvalue weighted by Crippen LogP contribution is -2.31. The number of hydrogen-bond acceptors (Lipinski definition) is 5. The van der Waals surface area contributed by atoms with Gasteiger partial charge in [-0.3, -0.25) is 9.78 Å². The van der Waals surface area contributed by atoms with Crippen LogP contribution in [0.25, 0.3) is 21.3 Å². The van der Waals surface area contributed by atoms with Crippen LogP contribution in [0.1, 0.15) is 30.4 Å². The molecular weight excluding hydrogens is 356 g/mol. The molecular formula is C21H24N4OS. The lowest BCUT2D eigenvalue weighted by Gasteiger charge is -2.20. The molecule has 0 atom stereocenters. The zero-order valence-electron chi connectivity index (χ0n) is 15.4. The number of aromatic nitrogens is 2. The lowest BCUT2D eigenvalue weighted by atomic mass is 9.89. The van der Waals surface area contributed by atoms with E-state index in [1.165, 1.54) is 30.4 Å². The van der Waals surface area contributed by atoms with Crippen LogP contribution in [0.15, 0.2) is 28.4 Å². The number of nitrogens with zero attached hydrogens (tertiary/aromatic N) is 2. The highest BCUT2D eigenvalue weighted by Crippen LogP contribution is 2.34. The fourth-order valence-electron chi connectivity index (χ4n) is 4.26. The number of aromatic amines is 1. The number of thiophene rings is 1. The molecule has 0 amide bonds. The maximum atomic E-state index is 12.9. The summed E-state index contributed by atoms with van der Waals surface area (Å²) in [6, 6.07) is 6.69. The lowest BCUT2D eigenvalue weighted by molar-refractivity contribution is 0.686. The van der Waals surface area contributed by atoms with E-state index >= 15 is 0 Å². The molecule has 2 aromatic heterocycles. The third-order valence-electron chi connectivity index (χ3n) is 5.73. The summed E-state index contributed by atoms with van der Waals surface area (Å²) in [4.78, 5) is 23.8. The van der Waals surface area contributed by atoms with Crippen LogP contribution in [0.5, 0.6) is 0 Å². The molecule has 1 saturated heterocycles. The van der Waals surface area contributed by atoms with E-state index in [0.29, 0.717) is 5.95 Å². The van der Waals surface area contributed by atoms with Crippen LogP contribution in [-0.4, -0.2) is 36.1 Å². The predicted molar refractivity (Wildman–Crippen MR) is 112 cm³/mol. The topological polar surface area (TPSA) is 61.0 Å². The first kappa shape index (κ1) is 17.0. The maximum absolute atomic E-state index is 12.9. The summed E-state index contributed by atoms with van der Waals surface area (Å²) < 4.78 is 0. The van der Waals surface area contributed by atoms with Gasteiger partial charge >= 0.3 is 0 Å². The van der Waals surface area contributed by atoms with Crippen LogP contribution in [0.4, 0.5) is 5.95 Å². The minimum absolute atomic E-state index is 0.0267. The van der Waals surface area contributed by atoms with Gasteiger partial charge in [-0.15, -0.1) is 11.3 Å². The van der Waals surface area contributed by atoms with E-state index in [1.54, 1.807) is 11.3 Å². The third kappa shape index (κ3) is 3.17. The van der Waals surface area contributed by atoms with Gasteiger partial charge in [-0.2, -0.15) is 0 Å². The number of H-pyrrole nitrogens is 1. The normalized spacial score (nSPS) is 17.7. The number of anilines is 1. The van der Waals surface area contributed by atoms with Gasteiger partial charge in [0.2, 0.25) is 5.95 Å². The van der Waals surface area contributed by atoms with Crippen LogP contribution >= 0.6 is 11.3 Å². The molecule has 5 nitrogen and oxygen atoms in total. The fourth-order valence-corrected chi connectivity index (χ4v) is 5.20. The molecule has 27 heavy (non-hydrogen) atoms. The van der Waals surface area contributed by atoms with E-state index in [0.717, 1.165) is 60.4 Å². The Hall–Kier alpha value is -2.18. The van der Waals surface area contributed by atoms with Gasteiger partial charge in [0.05, 0.1) is 5.39 Å². The summed E-state index contributed by atoms with van der Waals surface area (Å²) >= 11 is 1.57. The molecule has 1 fully saturated rings. The summed E-state index contributed by atoms with van der Waals surface area (Å²) in [5.74, 6) is 0.704. The van der Waals surface area contributed by atoms with Crippen LogP contribution < -0.4 is 15.8 Å². The molecule has 0 spiro atoms. The Labute approximate surface area is 162 Å². The van der Waals surface area contributed by atoms with E-state index < -0.39 is 0 Å². The first-order valence-electron chi connectivity index (χ1n) is 9.89. The SMILES string of the molecule is O=c1[nH]c(N2CCCNCC2)nc2scc(-c3ccc4c(c3)CCCC4)c12. The van der Waals surface area contributed by atoms with Crippen molar-refractivity contribution in [3.05, 3.63) is 45.1 Å². The van der Waals surface area contributed by atoms with E-state index in [1.807, 2.05) is 0 Å². The number of aryl methyl sites for hydroxylation is 2. The molecule has 0 radical (unpaired) electrons. The van der Waals surface area contributed by atoms with Crippen molar-refractivity contribution in [2.75, 3.05) is 31.1 Å². The highest BCUT2D eigenvalue weighted by atomic mass is 32.1. The second-order valence-electron chi connectivity index (χ2n) is 7.50. The second kappa shape index (κ2) is 7.09. The Morgan fingerprint density at radius 3 is 2.85 bits per heavy atom. The Morgan fingerprint density at radius 1 is 1.04 bits per heavy atom. The van der Waals surface area contributed by atoms with Crippen LogP contribution in [0.2, 0.25) is 0 Å². The number of rotatable bonds is 2. The van der Waals surface area contributed by atoms with Crippen molar-refractivity contribution in [2.24, 2.45) is 0 Å². The number of hydrogen-bond donors (Lipinski definition) is 2. The molecule has 1 aliphatic carbocycles. The summed E-state index contributed by atoms with van der Waals surface area (Å²) in [6.45, 7) is 3.74. The highest BCUT2D eigenvalue weighted by Gasteiger charge is 2.18. The van der Waals surface area contributed by atoms with Gasteiger partial charge in [-0.05, 0) is 55.3 Å². The van der Waals surface area contributed by atoms with Crippen molar-refractivity contribution in [3.63, 3.8) is 0 Å². The van der Waals surface area contributed by atoms with Gasteiger partial charge in [0, 0.05) is 30.6 Å². The largest absolute Gasteiger partial charge is 0.341 e. The minimum Gasteiger partial charge on any atom is -0.341 e. The molecule has 1 aromatic carbocycles. The van der Waals surface area contributed by atoms with Crippen molar-refractivity contribution in [2.45, 2.75) is 32.1 Å². The second-order valence-corrected chi connectivity index (χ2v) is 8.36. The summed E-state index contributed by atoms with van der Waals surface area (Å²) in [7, 11) is 0. The molecule has 2 N–H and O–H groups in total. The average Bonchev–Trinajstić information content (AvgIpc) is 2.94. The predicted octanol–water partition coefficient (Wildman–Crippen LogP) is 3.33. The Balaban J connectivity index is 1.56. The van der Waals surface area contributed by atoms with E-state index in [-0.39, 0.29) is 5.56 Å². The van der Waals surface area contributed by atoms with Crippen LogP contribution in [-0.2, 0) is 12.8 Å². The monoisotopic (exact) mass is 380 g/mol. The van der Waals surface area contributed by atoms with Gasteiger partial charge in [0.15, 0.2) is 0 Å². The molecule has 1 aliphatic heterocycles. The van der Waals surface area contributed by atoms with Crippen molar-refractivity contribution in [1.29, 1.82) is 0 Å². The molecule has 140 valence electrons. The van der Waals surface area contributed by atoms with Gasteiger partial charge in [-0.25, -0.2) is 4.98 Å². The molecule has 0 saturated carbocycles. The van der Waals surface area contributed by atoms with Gasteiger partial charge < -0.3 is 10.2 Å². The van der Waals surface area contributed by atoms with E-state index in [4.69, 9.17) is 4.98 Å². The van der Waals surface area contributed by atoms with E-state index in [2.05, 4.69) is 38.8 Å². The first-order chi connectivity index (χ1) is 13.3. The zero-order valence-corrected chi connectivity index (χ0v) is 16.2. The van der Waals surface area contributed by atoms with E-state index in [9.17, 15) is 4.79 Å². The molecule has 3 heterocycles. The molecule has 5 rings (SSSR count). The average molecular weight is 381 g/mol. The number of benzene rings is 1. The third-order valence-corrected chi connectivity index (χ3v) is 6.60. The maximum Gasteiger partial charge on any atom is 0.261 e. The fraction of sp³-hybridized carbons (Fsp3) is 0.429. The van der Waals surface area contributed by atoms with Gasteiger partial charge in [-0.1, -0.05) is 18.2 Å². The van der Waals surface area contributed by atoms with Crippen molar-refractivity contribution in [1.82, 2.24) is 15.3 Å². The summed E-state index contributed by atoms with van der Waals surface area (Å²) in [5, 5.41) is 6.21. The summed E-state index contributed by atoms with van der Waals surface area (Å²) in [5.41, 5.74) is 5.04. The quantitative estimate of drug-likeness (QED) is 0.716. The molecule has 0 bridgehead atoms. The smallest absolute Gasteiger partial charge is 0.261 e. The standard InChI is InChI=1S/C21H24N4OS/c26-19-18-17(16-7-6-14-4-1-2-5-15(14)12-16)13-27-20(18)24-21(23-19)25-10-3-8-22-9-11-25/h6-7,12-13,22H,1-5,8-11H2,(H,23,24,26). The first-order valence-corrected chi connectivity index (χ1v) is 10.8. The minimum atomic E-state index is -0.0267. The Bertz CT molecular complexity index is 1030. The molecule has 2 aliphatic rings. The Kier molecular flexibility index (Phi) is 4.45. The van der Waals surface area contributed by atoms with Crippen molar-refractivity contribution >= 4 is 27.5 Å². The molecule has 6 heteroatoms. The number of nitrogens with one attached hydrogen (secondary N) is 2. The highest BCUT2D eigenvalue weighted by molar-refractivity contribution is 7.17. The Morgan fingerprint density at radius 2 is 1.93 bits per heavy atom.